The molecule has 40 heavy (non-hydrogen) atoms. The monoisotopic (exact) mass is 542 g/mol. The van der Waals surface area contributed by atoms with Gasteiger partial charge in [0.05, 0.1) is 19.3 Å². The first-order chi connectivity index (χ1) is 19.3. The summed E-state index contributed by atoms with van der Waals surface area (Å²) in [6, 6.07) is 20.6. The lowest BCUT2D eigenvalue weighted by Gasteiger charge is -2.36. The highest BCUT2D eigenvalue weighted by molar-refractivity contribution is 5.98. The predicted octanol–water partition coefficient (Wildman–Crippen LogP) is 4.20. The Kier molecular flexibility index (Phi) is 7.41. The molecule has 0 saturated carbocycles. The number of nitrogens with one attached hydrogen (secondary N) is 3. The molecule has 0 aromatic heterocycles. The molecule has 1 fully saturated rings. The van der Waals surface area contributed by atoms with Crippen LogP contribution in [0.4, 0.5) is 21.0 Å². The molecule has 3 aromatic carbocycles. The highest BCUT2D eigenvalue weighted by atomic mass is 16.6. The first kappa shape index (κ1) is 26.7. The van der Waals surface area contributed by atoms with Gasteiger partial charge < -0.3 is 19.7 Å². The van der Waals surface area contributed by atoms with Crippen LogP contribution < -0.4 is 16.0 Å². The Labute approximate surface area is 231 Å². The van der Waals surface area contributed by atoms with Crippen molar-refractivity contribution >= 4 is 35.4 Å². The highest BCUT2D eigenvalue weighted by Gasteiger charge is 2.49. The third kappa shape index (κ3) is 5.61. The van der Waals surface area contributed by atoms with E-state index in [0.29, 0.717) is 29.9 Å². The second-order valence-electron chi connectivity index (χ2n) is 9.98. The molecule has 5 rings (SSSR count). The van der Waals surface area contributed by atoms with Gasteiger partial charge in [0.1, 0.15) is 6.04 Å². The van der Waals surface area contributed by atoms with Gasteiger partial charge in [-0.2, -0.15) is 0 Å². The van der Waals surface area contributed by atoms with Gasteiger partial charge in [-0.15, -0.1) is 0 Å². The number of anilines is 2. The van der Waals surface area contributed by atoms with Gasteiger partial charge in [-0.3, -0.25) is 20.2 Å². The minimum absolute atomic E-state index is 0.185. The molecular weight excluding hydrogens is 512 g/mol. The standard InChI is InChI=1S/C30H30N4O6/c1-19-8-13-24-23(16-19)30(40-29(38)33-24)14-15-34(18-30)27(36)25(17-20-6-4-3-5-7-20)32-26(35)21-9-11-22(12-10-21)31-28(37)39-2/h3-13,16,25H,14-15,17-18H2,1-2H3,(H,31,37)(H,32,35)(H,33,38)/t25?,30-/m1/s1. The van der Waals surface area contributed by atoms with Crippen LogP contribution >= 0.6 is 0 Å². The Morgan fingerprint density at radius 1 is 1.07 bits per heavy atom. The van der Waals surface area contributed by atoms with Crippen molar-refractivity contribution in [1.82, 2.24) is 10.2 Å². The molecule has 10 nitrogen and oxygen atoms in total. The lowest BCUT2D eigenvalue weighted by molar-refractivity contribution is -0.133. The Hall–Kier alpha value is -4.86. The Bertz CT molecular complexity index is 1440. The fourth-order valence-electron chi connectivity index (χ4n) is 5.17. The topological polar surface area (TPSA) is 126 Å². The van der Waals surface area contributed by atoms with Crippen LogP contribution in [0.3, 0.4) is 0 Å². The first-order valence-corrected chi connectivity index (χ1v) is 13.0. The number of methoxy groups -OCH3 is 1. The Morgan fingerprint density at radius 2 is 1.82 bits per heavy atom. The summed E-state index contributed by atoms with van der Waals surface area (Å²) in [6.07, 6.45) is -0.437. The summed E-state index contributed by atoms with van der Waals surface area (Å²) >= 11 is 0. The molecule has 3 N–H and O–H groups in total. The van der Waals surface area contributed by atoms with Crippen LogP contribution in [0.15, 0.2) is 72.8 Å². The molecule has 1 unspecified atom stereocenters. The number of ether oxygens (including phenoxy) is 2. The minimum atomic E-state index is -0.955. The molecule has 2 atom stereocenters. The second kappa shape index (κ2) is 11.1. The van der Waals surface area contributed by atoms with Gasteiger partial charge in [0, 0.05) is 36.2 Å². The van der Waals surface area contributed by atoms with Gasteiger partial charge in [0.2, 0.25) is 5.91 Å². The third-order valence-corrected chi connectivity index (χ3v) is 7.20. The van der Waals surface area contributed by atoms with Crippen LogP contribution in [0.1, 0.15) is 33.5 Å². The number of rotatable bonds is 6. The molecule has 2 aliphatic heterocycles. The number of carbonyl (C=O) groups is 4. The number of hydrogen-bond acceptors (Lipinski definition) is 6. The molecular formula is C30H30N4O6. The summed E-state index contributed by atoms with van der Waals surface area (Å²) in [5, 5.41) is 8.18. The molecule has 10 heteroatoms. The van der Waals surface area contributed by atoms with Gasteiger partial charge in [0.25, 0.3) is 5.91 Å². The minimum Gasteiger partial charge on any atom is -0.453 e. The fraction of sp³-hybridized carbons (Fsp3) is 0.267. The van der Waals surface area contributed by atoms with Crippen LogP contribution in [0, 0.1) is 6.92 Å². The van der Waals surface area contributed by atoms with Crippen LogP contribution in [-0.2, 0) is 26.3 Å². The van der Waals surface area contributed by atoms with Crippen LogP contribution in [0.5, 0.6) is 0 Å². The van der Waals surface area contributed by atoms with Gasteiger partial charge in [-0.25, -0.2) is 9.59 Å². The van der Waals surface area contributed by atoms with Gasteiger partial charge in [-0.1, -0.05) is 42.0 Å². The van der Waals surface area contributed by atoms with E-state index in [1.54, 1.807) is 29.2 Å². The zero-order valence-corrected chi connectivity index (χ0v) is 22.2. The van der Waals surface area contributed by atoms with Crippen molar-refractivity contribution in [2.24, 2.45) is 0 Å². The molecule has 1 spiro atoms. The molecule has 3 aromatic rings. The van der Waals surface area contributed by atoms with Crippen molar-refractivity contribution in [3.05, 3.63) is 95.1 Å². The average molecular weight is 543 g/mol. The zero-order valence-electron chi connectivity index (χ0n) is 22.2. The van der Waals surface area contributed by atoms with E-state index in [9.17, 15) is 19.2 Å². The maximum Gasteiger partial charge on any atom is 0.412 e. The summed E-state index contributed by atoms with van der Waals surface area (Å²) in [4.78, 5) is 52.6. The fourth-order valence-corrected chi connectivity index (χ4v) is 5.17. The quantitative estimate of drug-likeness (QED) is 0.429. The van der Waals surface area contributed by atoms with Crippen LogP contribution in [-0.4, -0.2) is 55.1 Å². The van der Waals surface area contributed by atoms with Crippen molar-refractivity contribution in [1.29, 1.82) is 0 Å². The van der Waals surface area contributed by atoms with Crippen molar-refractivity contribution in [2.75, 3.05) is 30.8 Å². The molecule has 2 aliphatic rings. The number of carbonyl (C=O) groups excluding carboxylic acids is 4. The maximum absolute atomic E-state index is 13.9. The smallest absolute Gasteiger partial charge is 0.412 e. The van der Waals surface area contributed by atoms with Gasteiger partial charge in [0.15, 0.2) is 5.60 Å². The van der Waals surface area contributed by atoms with Gasteiger partial charge >= 0.3 is 12.2 Å². The Morgan fingerprint density at radius 3 is 2.55 bits per heavy atom. The molecule has 1 saturated heterocycles. The number of amides is 4. The summed E-state index contributed by atoms with van der Waals surface area (Å²) in [5.74, 6) is -0.691. The Balaban J connectivity index is 1.36. The summed E-state index contributed by atoms with van der Waals surface area (Å²) in [6.45, 7) is 2.52. The lowest BCUT2D eigenvalue weighted by atomic mass is 9.89. The number of aryl methyl sites for hydroxylation is 1. The number of likely N-dealkylation sites (tertiary alicyclic amines) is 1. The second-order valence-corrected chi connectivity index (χ2v) is 9.98. The van der Waals surface area contributed by atoms with E-state index < -0.39 is 29.7 Å². The van der Waals surface area contributed by atoms with E-state index in [0.717, 1.165) is 16.7 Å². The third-order valence-electron chi connectivity index (χ3n) is 7.20. The number of benzene rings is 3. The zero-order chi connectivity index (χ0) is 28.3. The van der Waals surface area contributed by atoms with Crippen molar-refractivity contribution in [3.63, 3.8) is 0 Å². The van der Waals surface area contributed by atoms with Crippen LogP contribution in [0.2, 0.25) is 0 Å². The molecule has 0 aliphatic carbocycles. The van der Waals surface area contributed by atoms with E-state index in [1.165, 1.54) is 7.11 Å². The number of fused-ring (bicyclic) bond motifs is 2. The summed E-state index contributed by atoms with van der Waals surface area (Å²) in [5.41, 5.74) is 3.27. The van der Waals surface area contributed by atoms with E-state index in [2.05, 4.69) is 20.7 Å². The average Bonchev–Trinajstić information content (AvgIpc) is 3.37. The predicted molar refractivity (Wildman–Crippen MR) is 148 cm³/mol. The molecule has 4 amide bonds. The van der Waals surface area contributed by atoms with Crippen LogP contribution in [0.25, 0.3) is 0 Å². The van der Waals surface area contributed by atoms with E-state index >= 15 is 0 Å². The van der Waals surface area contributed by atoms with E-state index in [-0.39, 0.29) is 18.9 Å². The highest BCUT2D eigenvalue weighted by Crippen LogP contribution is 2.43. The van der Waals surface area contributed by atoms with E-state index in [1.807, 2.05) is 55.5 Å². The lowest BCUT2D eigenvalue weighted by Crippen LogP contribution is -2.50. The first-order valence-electron chi connectivity index (χ1n) is 13.0. The molecule has 0 radical (unpaired) electrons. The SMILES string of the molecule is COC(=O)Nc1ccc(C(=O)NC(Cc2ccccc2)C(=O)N2CC[C@]3(C2)OC(=O)Nc2ccc(C)cc23)cc1. The summed E-state index contributed by atoms with van der Waals surface area (Å²) < 4.78 is 10.4. The molecule has 206 valence electrons. The number of nitrogens with zero attached hydrogens (tertiary/aromatic N) is 1. The molecule has 0 bridgehead atoms. The molecule has 2 heterocycles. The largest absolute Gasteiger partial charge is 0.453 e. The normalized spacial score (nSPS) is 18.2. The van der Waals surface area contributed by atoms with Gasteiger partial charge in [-0.05, 0) is 48.9 Å². The van der Waals surface area contributed by atoms with Crippen molar-refractivity contribution < 1.29 is 28.7 Å². The summed E-state index contributed by atoms with van der Waals surface area (Å²) in [7, 11) is 1.26. The van der Waals surface area contributed by atoms with Crippen molar-refractivity contribution in [2.45, 2.75) is 31.4 Å². The van der Waals surface area contributed by atoms with E-state index in [4.69, 9.17) is 4.74 Å². The number of hydrogen-bond donors (Lipinski definition) is 3. The maximum atomic E-state index is 13.9. The van der Waals surface area contributed by atoms with Crippen molar-refractivity contribution in [3.8, 4) is 0 Å².